The number of para-hydroxylation sites is 1. The number of hydrogen-bond acceptors (Lipinski definition) is 5. The average molecular weight is 503 g/mol. The van der Waals surface area contributed by atoms with Crippen molar-refractivity contribution >= 4 is 28.6 Å². The first-order valence-electron chi connectivity index (χ1n) is 12.8. The summed E-state index contributed by atoms with van der Waals surface area (Å²) in [7, 11) is 1.70. The predicted octanol–water partition coefficient (Wildman–Crippen LogP) is 2.78. The number of hydroxylamine groups is 1. The van der Waals surface area contributed by atoms with Gasteiger partial charge in [-0.05, 0) is 42.2 Å². The summed E-state index contributed by atoms with van der Waals surface area (Å²) in [6.07, 6.45) is 2.39. The van der Waals surface area contributed by atoms with Crippen LogP contribution in [0.15, 0.2) is 48.5 Å². The molecule has 2 bridgehead atoms. The highest BCUT2D eigenvalue weighted by molar-refractivity contribution is 5.98. The lowest BCUT2D eigenvalue weighted by Crippen LogP contribution is -2.38. The Morgan fingerprint density at radius 2 is 1.89 bits per heavy atom. The summed E-state index contributed by atoms with van der Waals surface area (Å²) >= 11 is 0. The van der Waals surface area contributed by atoms with E-state index in [1.165, 1.54) is 0 Å². The van der Waals surface area contributed by atoms with E-state index in [1.807, 2.05) is 24.3 Å². The van der Waals surface area contributed by atoms with Crippen LogP contribution in [0.4, 0.5) is 0 Å². The first-order valence-corrected chi connectivity index (χ1v) is 12.8. The maximum atomic E-state index is 13.2. The zero-order valence-electron chi connectivity index (χ0n) is 20.8. The van der Waals surface area contributed by atoms with Crippen molar-refractivity contribution in [2.45, 2.75) is 44.6 Å². The van der Waals surface area contributed by atoms with Gasteiger partial charge in [-0.2, -0.15) is 0 Å². The van der Waals surface area contributed by atoms with Gasteiger partial charge in [0.2, 0.25) is 11.8 Å². The molecule has 1 aromatic heterocycles. The van der Waals surface area contributed by atoms with Gasteiger partial charge in [0.25, 0.3) is 5.91 Å². The highest BCUT2D eigenvalue weighted by Gasteiger charge is 2.41. The van der Waals surface area contributed by atoms with Crippen LogP contribution in [0.2, 0.25) is 0 Å². The summed E-state index contributed by atoms with van der Waals surface area (Å²) in [5.74, 6) is -0.735. The lowest BCUT2D eigenvalue weighted by atomic mass is 9.91. The van der Waals surface area contributed by atoms with Gasteiger partial charge in [0.05, 0.1) is 19.0 Å². The standard InChI is InChI=1S/C28H30N4O5/c1-30-17-24(33)31-15-21(28(30)35)26-20-6-2-3-7-22(20)32(23(26)16-31)14-18-9-11-19(12-10-18)27(34)29-37-25-8-4-5-13-36-25/h2-3,6-7,9-12,21,25H,4-5,8,13-17H2,1H3,(H,29,34). The van der Waals surface area contributed by atoms with E-state index in [9.17, 15) is 14.4 Å². The lowest BCUT2D eigenvalue weighted by Gasteiger charge is -2.30. The molecule has 6 rings (SSSR count). The second-order valence-corrected chi connectivity index (χ2v) is 10.0. The minimum atomic E-state index is -0.400. The van der Waals surface area contributed by atoms with Crippen molar-refractivity contribution in [3.05, 3.63) is 70.9 Å². The van der Waals surface area contributed by atoms with Crippen LogP contribution >= 0.6 is 0 Å². The van der Waals surface area contributed by atoms with Crippen molar-refractivity contribution in [2.75, 3.05) is 26.7 Å². The zero-order valence-corrected chi connectivity index (χ0v) is 20.8. The van der Waals surface area contributed by atoms with Gasteiger partial charge >= 0.3 is 0 Å². The van der Waals surface area contributed by atoms with Gasteiger partial charge < -0.3 is 19.1 Å². The maximum absolute atomic E-state index is 13.2. The smallest absolute Gasteiger partial charge is 0.274 e. The number of carbonyl (C=O) groups excluding carboxylic acids is 3. The molecule has 3 aliphatic heterocycles. The van der Waals surface area contributed by atoms with Gasteiger partial charge in [-0.15, -0.1) is 0 Å². The molecule has 0 aliphatic carbocycles. The Morgan fingerprint density at radius 1 is 1.08 bits per heavy atom. The van der Waals surface area contributed by atoms with Crippen molar-refractivity contribution in [3.63, 3.8) is 0 Å². The Labute approximate surface area is 214 Å². The molecule has 1 N–H and O–H groups in total. The van der Waals surface area contributed by atoms with E-state index in [1.54, 1.807) is 29.0 Å². The molecule has 3 amide bonds. The molecule has 3 aromatic rings. The first-order chi connectivity index (χ1) is 18.0. The second kappa shape index (κ2) is 9.64. The summed E-state index contributed by atoms with van der Waals surface area (Å²) in [5.41, 5.74) is 7.06. The van der Waals surface area contributed by atoms with Crippen molar-refractivity contribution in [1.29, 1.82) is 0 Å². The number of carbonyl (C=O) groups is 3. The van der Waals surface area contributed by atoms with Crippen LogP contribution in [-0.2, 0) is 32.3 Å². The molecular weight excluding hydrogens is 472 g/mol. The number of nitrogens with zero attached hydrogens (tertiary/aromatic N) is 3. The molecule has 0 spiro atoms. The van der Waals surface area contributed by atoms with Crippen molar-refractivity contribution in [3.8, 4) is 0 Å². The summed E-state index contributed by atoms with van der Waals surface area (Å²) < 4.78 is 7.69. The fourth-order valence-corrected chi connectivity index (χ4v) is 5.64. The van der Waals surface area contributed by atoms with E-state index in [-0.39, 0.29) is 30.2 Å². The Balaban J connectivity index is 1.27. The van der Waals surface area contributed by atoms with E-state index in [0.717, 1.165) is 47.0 Å². The van der Waals surface area contributed by atoms with Crippen LogP contribution in [0, 0.1) is 0 Å². The topological polar surface area (TPSA) is 93.1 Å². The van der Waals surface area contributed by atoms with E-state index in [4.69, 9.17) is 9.57 Å². The number of aromatic nitrogens is 1. The SMILES string of the molecule is CN1CC(=O)N2Cc3c(c4ccccc4n3Cc3ccc(C(=O)NOC4CCCCO4)cc3)C(C2)C1=O. The number of ether oxygens (including phenoxy) is 1. The third-order valence-corrected chi connectivity index (χ3v) is 7.59. The fraction of sp³-hybridized carbons (Fsp3) is 0.393. The average Bonchev–Trinajstić information content (AvgIpc) is 3.21. The number of rotatable bonds is 5. The lowest BCUT2D eigenvalue weighted by molar-refractivity contribution is -0.186. The Morgan fingerprint density at radius 3 is 2.68 bits per heavy atom. The van der Waals surface area contributed by atoms with Gasteiger partial charge in [-0.1, -0.05) is 30.3 Å². The summed E-state index contributed by atoms with van der Waals surface area (Å²) in [6.45, 7) is 2.20. The number of hydrogen-bond donors (Lipinski definition) is 1. The number of nitrogens with one attached hydrogen (secondary N) is 1. The molecule has 37 heavy (non-hydrogen) atoms. The predicted molar refractivity (Wildman–Crippen MR) is 135 cm³/mol. The Hall–Kier alpha value is -3.69. The molecule has 4 heterocycles. The molecule has 9 nitrogen and oxygen atoms in total. The number of amides is 3. The van der Waals surface area contributed by atoms with Crippen molar-refractivity contribution in [1.82, 2.24) is 19.8 Å². The van der Waals surface area contributed by atoms with Crippen LogP contribution in [0.1, 0.15) is 52.4 Å². The third-order valence-electron chi connectivity index (χ3n) is 7.59. The molecule has 2 unspecified atom stereocenters. The van der Waals surface area contributed by atoms with E-state index < -0.39 is 6.29 Å². The van der Waals surface area contributed by atoms with Crippen LogP contribution in [-0.4, -0.2) is 65.1 Å². The minimum absolute atomic E-state index is 0.0177. The maximum Gasteiger partial charge on any atom is 0.274 e. The van der Waals surface area contributed by atoms with Crippen molar-refractivity contribution in [2.24, 2.45) is 0 Å². The molecule has 3 aliphatic rings. The third kappa shape index (κ3) is 4.38. The van der Waals surface area contributed by atoms with Crippen LogP contribution in [0.25, 0.3) is 10.9 Å². The largest absolute Gasteiger partial charge is 0.350 e. The molecule has 9 heteroatoms. The molecule has 2 atom stereocenters. The van der Waals surface area contributed by atoms with Gasteiger partial charge in [-0.3, -0.25) is 14.4 Å². The van der Waals surface area contributed by atoms with Crippen LogP contribution < -0.4 is 5.48 Å². The molecular formula is C28H30N4O5. The number of likely N-dealkylation sites (N-methyl/N-ethyl adjacent to an activating group) is 1. The monoisotopic (exact) mass is 502 g/mol. The van der Waals surface area contributed by atoms with Gasteiger partial charge in [0, 0.05) is 55.3 Å². The molecule has 0 radical (unpaired) electrons. The molecule has 2 saturated heterocycles. The molecule has 192 valence electrons. The second-order valence-electron chi connectivity index (χ2n) is 10.0. The fourth-order valence-electron chi connectivity index (χ4n) is 5.64. The molecule has 2 fully saturated rings. The number of benzene rings is 2. The first kappa shape index (κ1) is 23.7. The quantitative estimate of drug-likeness (QED) is 0.542. The van der Waals surface area contributed by atoms with E-state index >= 15 is 0 Å². The van der Waals surface area contributed by atoms with Crippen molar-refractivity contribution < 1.29 is 24.0 Å². The minimum Gasteiger partial charge on any atom is -0.350 e. The molecule has 2 aromatic carbocycles. The highest BCUT2D eigenvalue weighted by Crippen LogP contribution is 2.39. The van der Waals surface area contributed by atoms with Crippen LogP contribution in [0.3, 0.4) is 0 Å². The number of fused-ring (bicyclic) bond motifs is 6. The summed E-state index contributed by atoms with van der Waals surface area (Å²) in [4.78, 5) is 47.3. The van der Waals surface area contributed by atoms with Gasteiger partial charge in [-0.25, -0.2) is 10.3 Å². The van der Waals surface area contributed by atoms with E-state index in [0.29, 0.717) is 31.8 Å². The van der Waals surface area contributed by atoms with E-state index in [2.05, 4.69) is 22.2 Å². The Bertz CT molecular complexity index is 1360. The zero-order chi connectivity index (χ0) is 25.5. The normalized spacial score (nSPS) is 21.6. The van der Waals surface area contributed by atoms with Crippen LogP contribution in [0.5, 0.6) is 0 Å². The summed E-state index contributed by atoms with van der Waals surface area (Å²) in [5, 5.41) is 1.05. The molecule has 0 saturated carbocycles. The highest BCUT2D eigenvalue weighted by atomic mass is 16.8. The Kier molecular flexibility index (Phi) is 6.18. The summed E-state index contributed by atoms with van der Waals surface area (Å²) in [6, 6.07) is 15.5. The van der Waals surface area contributed by atoms with Gasteiger partial charge in [0.15, 0.2) is 6.29 Å². The van der Waals surface area contributed by atoms with Gasteiger partial charge in [0.1, 0.15) is 0 Å².